The third-order valence-electron chi connectivity index (χ3n) is 5.73. The molecule has 2 unspecified atom stereocenters. The van der Waals surface area contributed by atoms with Gasteiger partial charge in [0.05, 0.1) is 13.5 Å². The Morgan fingerprint density at radius 3 is 2.55 bits per heavy atom. The van der Waals surface area contributed by atoms with Gasteiger partial charge in [-0.05, 0) is 43.5 Å². The van der Waals surface area contributed by atoms with Crippen LogP contribution in [-0.4, -0.2) is 38.2 Å². The average Bonchev–Trinajstić information content (AvgIpc) is 2.85. The number of ether oxygens (including phenoxy) is 3. The van der Waals surface area contributed by atoms with Crippen LogP contribution in [0, 0.1) is 5.41 Å². The van der Waals surface area contributed by atoms with E-state index in [1.165, 1.54) is 7.11 Å². The van der Waals surface area contributed by atoms with Crippen LogP contribution >= 0.6 is 0 Å². The largest absolute Gasteiger partial charge is 0.490 e. The summed E-state index contributed by atoms with van der Waals surface area (Å²) in [5, 5.41) is 2.92. The van der Waals surface area contributed by atoms with E-state index in [1.807, 2.05) is 48.6 Å². The highest BCUT2D eigenvalue weighted by molar-refractivity contribution is 5.86. The van der Waals surface area contributed by atoms with E-state index in [1.54, 1.807) is 6.08 Å². The molecule has 1 amide bonds. The standard InChI is InChI=1S/C27H37NO5/c1-4-6-7-9-12-24(33-23-15-13-22(14-16-23)32-21-5-2)27(18-10-8-11-19-27)26(30)28-20-17-25(29)31-3/h5,8,10-11,13-16,18,24H,2,4,6-7,9,12,17,19-21H2,1,3H3,(H,28,30). The van der Waals surface area contributed by atoms with Crippen molar-refractivity contribution in [2.24, 2.45) is 5.41 Å². The lowest BCUT2D eigenvalue weighted by Gasteiger charge is -2.38. The van der Waals surface area contributed by atoms with E-state index in [9.17, 15) is 9.59 Å². The molecule has 1 aromatic rings. The van der Waals surface area contributed by atoms with Gasteiger partial charge in [0, 0.05) is 6.54 Å². The van der Waals surface area contributed by atoms with Gasteiger partial charge in [-0.1, -0.05) is 63.1 Å². The minimum absolute atomic E-state index is 0.131. The zero-order chi connectivity index (χ0) is 23.9. The number of carbonyl (C=O) groups excluding carboxylic acids is 2. The summed E-state index contributed by atoms with van der Waals surface area (Å²) in [5.41, 5.74) is -0.852. The number of nitrogens with one attached hydrogen (secondary N) is 1. The average molecular weight is 456 g/mol. The molecule has 1 N–H and O–H groups in total. The molecule has 0 radical (unpaired) electrons. The molecule has 2 atom stereocenters. The van der Waals surface area contributed by atoms with E-state index < -0.39 is 5.41 Å². The molecule has 0 fully saturated rings. The first-order valence-electron chi connectivity index (χ1n) is 11.8. The van der Waals surface area contributed by atoms with Crippen molar-refractivity contribution in [1.29, 1.82) is 0 Å². The van der Waals surface area contributed by atoms with Gasteiger partial charge in [-0.25, -0.2) is 0 Å². The molecule has 0 spiro atoms. The first-order valence-corrected chi connectivity index (χ1v) is 11.8. The number of benzene rings is 1. The van der Waals surface area contributed by atoms with Crippen molar-refractivity contribution < 1.29 is 23.8 Å². The second-order valence-corrected chi connectivity index (χ2v) is 8.14. The summed E-state index contributed by atoms with van der Waals surface area (Å²) >= 11 is 0. The molecule has 1 aliphatic rings. The van der Waals surface area contributed by atoms with E-state index in [2.05, 4.69) is 23.6 Å². The van der Waals surface area contributed by atoms with Crippen LogP contribution in [-0.2, 0) is 14.3 Å². The van der Waals surface area contributed by atoms with Crippen molar-refractivity contribution in [3.8, 4) is 11.5 Å². The van der Waals surface area contributed by atoms with Crippen LogP contribution in [0.3, 0.4) is 0 Å². The lowest BCUT2D eigenvalue weighted by molar-refractivity contribution is -0.140. The molecule has 33 heavy (non-hydrogen) atoms. The molecule has 2 rings (SSSR count). The Morgan fingerprint density at radius 1 is 1.15 bits per heavy atom. The molecule has 180 valence electrons. The van der Waals surface area contributed by atoms with Crippen molar-refractivity contribution in [3.63, 3.8) is 0 Å². The Morgan fingerprint density at radius 2 is 1.91 bits per heavy atom. The quantitative estimate of drug-likeness (QED) is 0.225. The summed E-state index contributed by atoms with van der Waals surface area (Å²) < 4.78 is 16.7. The third kappa shape index (κ3) is 8.12. The van der Waals surface area contributed by atoms with Crippen molar-refractivity contribution in [1.82, 2.24) is 5.32 Å². The monoisotopic (exact) mass is 455 g/mol. The summed E-state index contributed by atoms with van der Waals surface area (Å²) in [7, 11) is 1.34. The van der Waals surface area contributed by atoms with E-state index in [0.717, 1.165) is 37.9 Å². The Labute approximate surface area is 197 Å². The van der Waals surface area contributed by atoms with Crippen molar-refractivity contribution in [3.05, 3.63) is 61.2 Å². The van der Waals surface area contributed by atoms with Crippen molar-refractivity contribution in [2.75, 3.05) is 20.3 Å². The normalized spacial score (nSPS) is 17.8. The predicted molar refractivity (Wildman–Crippen MR) is 130 cm³/mol. The highest BCUT2D eigenvalue weighted by atomic mass is 16.5. The molecule has 0 aliphatic heterocycles. The van der Waals surface area contributed by atoms with Gasteiger partial charge < -0.3 is 19.5 Å². The maximum atomic E-state index is 13.4. The Kier molecular flexibility index (Phi) is 11.3. The van der Waals surface area contributed by atoms with Crippen LogP contribution in [0.5, 0.6) is 11.5 Å². The van der Waals surface area contributed by atoms with E-state index in [4.69, 9.17) is 9.47 Å². The number of carbonyl (C=O) groups is 2. The fourth-order valence-corrected chi connectivity index (χ4v) is 3.85. The maximum Gasteiger partial charge on any atom is 0.307 e. The lowest BCUT2D eigenvalue weighted by Crippen LogP contribution is -2.50. The topological polar surface area (TPSA) is 73.9 Å². The fourth-order valence-electron chi connectivity index (χ4n) is 3.85. The van der Waals surface area contributed by atoms with Crippen LogP contribution in [0.4, 0.5) is 0 Å². The van der Waals surface area contributed by atoms with E-state index in [-0.39, 0.29) is 30.9 Å². The van der Waals surface area contributed by atoms with Crippen LogP contribution in [0.15, 0.2) is 61.2 Å². The van der Waals surface area contributed by atoms with Gasteiger partial charge in [0.1, 0.15) is 29.6 Å². The molecule has 0 aromatic heterocycles. The summed E-state index contributed by atoms with van der Waals surface area (Å²) in [6, 6.07) is 7.44. The smallest absolute Gasteiger partial charge is 0.307 e. The predicted octanol–water partition coefficient (Wildman–Crippen LogP) is 5.15. The molecular formula is C27H37NO5. The molecule has 0 heterocycles. The number of rotatable bonds is 15. The van der Waals surface area contributed by atoms with Crippen LogP contribution < -0.4 is 14.8 Å². The zero-order valence-electron chi connectivity index (χ0n) is 19.9. The van der Waals surface area contributed by atoms with Crippen LogP contribution in [0.2, 0.25) is 0 Å². The van der Waals surface area contributed by atoms with Gasteiger partial charge in [0.2, 0.25) is 5.91 Å². The van der Waals surface area contributed by atoms with Crippen LogP contribution in [0.25, 0.3) is 0 Å². The first-order chi connectivity index (χ1) is 16.1. The SMILES string of the molecule is C=CCOc1ccc(OC(CCCCCC)C2(C(=O)NCCC(=O)OC)C=CC=CC2)cc1. The molecule has 1 aromatic carbocycles. The molecule has 6 heteroatoms. The molecular weight excluding hydrogens is 418 g/mol. The maximum absolute atomic E-state index is 13.4. The fraction of sp³-hybridized carbons (Fsp3) is 0.481. The van der Waals surface area contributed by atoms with Crippen molar-refractivity contribution in [2.45, 2.75) is 58.0 Å². The van der Waals surface area contributed by atoms with Crippen LogP contribution in [0.1, 0.15) is 51.9 Å². The highest BCUT2D eigenvalue weighted by Gasteiger charge is 2.44. The van der Waals surface area contributed by atoms with Gasteiger partial charge in [-0.3, -0.25) is 9.59 Å². The number of hydrogen-bond acceptors (Lipinski definition) is 5. The van der Waals surface area contributed by atoms with Gasteiger partial charge >= 0.3 is 5.97 Å². The molecule has 6 nitrogen and oxygen atoms in total. The second kappa shape index (κ2) is 14.2. The van der Waals surface area contributed by atoms with E-state index in [0.29, 0.717) is 18.8 Å². The van der Waals surface area contributed by atoms with E-state index >= 15 is 0 Å². The van der Waals surface area contributed by atoms with Gasteiger partial charge in [-0.15, -0.1) is 0 Å². The van der Waals surface area contributed by atoms with Gasteiger partial charge in [0.25, 0.3) is 0 Å². The minimum atomic E-state index is -0.852. The molecule has 0 bridgehead atoms. The van der Waals surface area contributed by atoms with Gasteiger partial charge in [-0.2, -0.15) is 0 Å². The number of methoxy groups -OCH3 is 1. The molecule has 0 saturated carbocycles. The Hall–Kier alpha value is -3.02. The minimum Gasteiger partial charge on any atom is -0.490 e. The zero-order valence-corrected chi connectivity index (χ0v) is 19.9. The number of unbranched alkanes of at least 4 members (excludes halogenated alkanes) is 3. The summed E-state index contributed by atoms with van der Waals surface area (Å²) in [6.45, 7) is 6.50. The first kappa shape index (κ1) is 26.2. The number of amides is 1. The number of allylic oxidation sites excluding steroid dienone is 3. The van der Waals surface area contributed by atoms with Gasteiger partial charge in [0.15, 0.2) is 0 Å². The molecule has 1 aliphatic carbocycles. The lowest BCUT2D eigenvalue weighted by atomic mass is 9.73. The number of esters is 1. The summed E-state index contributed by atoms with van der Waals surface area (Å²) in [6.07, 6.45) is 14.9. The third-order valence-corrected chi connectivity index (χ3v) is 5.73. The highest BCUT2D eigenvalue weighted by Crippen LogP contribution is 2.38. The molecule has 0 saturated heterocycles. The Balaban J connectivity index is 2.21. The number of hydrogen-bond donors (Lipinski definition) is 1. The second-order valence-electron chi connectivity index (χ2n) is 8.14. The summed E-state index contributed by atoms with van der Waals surface area (Å²) in [5.74, 6) is 0.927. The Bertz CT molecular complexity index is 814. The van der Waals surface area contributed by atoms with Crippen molar-refractivity contribution >= 4 is 11.9 Å². The summed E-state index contributed by atoms with van der Waals surface area (Å²) in [4.78, 5) is 24.9.